The first-order chi connectivity index (χ1) is 19.1. The Morgan fingerprint density at radius 3 is 2.42 bits per heavy atom. The van der Waals surface area contributed by atoms with E-state index in [4.69, 9.17) is 32.4 Å². The molecule has 0 radical (unpaired) electrons. The van der Waals surface area contributed by atoms with Crippen molar-refractivity contribution in [1.82, 2.24) is 10.2 Å². The summed E-state index contributed by atoms with van der Waals surface area (Å²) in [4.78, 5) is 52.2. The normalized spacial score (nSPS) is 14.9. The molecule has 0 saturated heterocycles. The van der Waals surface area contributed by atoms with Crippen LogP contribution in [-0.2, 0) is 30.5 Å². The van der Waals surface area contributed by atoms with Gasteiger partial charge in [0.25, 0.3) is 5.91 Å². The second-order valence-corrected chi connectivity index (χ2v) is 9.66. The number of halogens is 2. The zero-order valence-corrected chi connectivity index (χ0v) is 23.3. The van der Waals surface area contributed by atoms with Crippen LogP contribution < -0.4 is 10.6 Å². The molecule has 2 heterocycles. The lowest BCUT2D eigenvalue weighted by Gasteiger charge is -2.26. The number of nitrogens with zero attached hydrogens (tertiary/aromatic N) is 1. The van der Waals surface area contributed by atoms with Gasteiger partial charge in [0.2, 0.25) is 0 Å². The highest BCUT2D eigenvalue weighted by molar-refractivity contribution is 6.43. The van der Waals surface area contributed by atoms with Gasteiger partial charge < -0.3 is 24.7 Å². The van der Waals surface area contributed by atoms with Gasteiger partial charge in [0.15, 0.2) is 0 Å². The number of allylic oxidation sites excluding steroid dienone is 1. The highest BCUT2D eigenvalue weighted by Gasteiger charge is 2.39. The summed E-state index contributed by atoms with van der Waals surface area (Å²) in [5.41, 5.74) is 1.94. The Morgan fingerprint density at radius 1 is 1.02 bits per heavy atom. The molecule has 3 amide bonds. The van der Waals surface area contributed by atoms with E-state index < -0.39 is 17.8 Å². The maximum atomic E-state index is 13.5. The van der Waals surface area contributed by atoms with Gasteiger partial charge in [0.1, 0.15) is 11.5 Å². The second kappa shape index (κ2) is 12.2. The predicted octanol–water partition coefficient (Wildman–Crippen LogP) is 5.28. The number of amides is 3. The Morgan fingerprint density at radius 2 is 1.75 bits per heavy atom. The number of methoxy groups -OCH3 is 1. The van der Waals surface area contributed by atoms with Crippen molar-refractivity contribution in [2.75, 3.05) is 12.4 Å². The van der Waals surface area contributed by atoms with Gasteiger partial charge in [-0.1, -0.05) is 53.5 Å². The molecule has 1 aromatic heterocycles. The zero-order chi connectivity index (χ0) is 29.0. The summed E-state index contributed by atoms with van der Waals surface area (Å²) in [7, 11) is 1.25. The van der Waals surface area contributed by atoms with Crippen molar-refractivity contribution < 1.29 is 28.3 Å². The smallest absolute Gasteiger partial charge is 0.340 e. The van der Waals surface area contributed by atoms with Gasteiger partial charge in [-0.3, -0.25) is 14.4 Å². The molecule has 3 aromatic rings. The van der Waals surface area contributed by atoms with Crippen LogP contribution in [0, 0.1) is 0 Å². The van der Waals surface area contributed by atoms with E-state index in [1.54, 1.807) is 24.0 Å². The molecule has 206 valence electrons. The molecule has 1 atom stereocenters. The Kier molecular flexibility index (Phi) is 8.77. The number of ether oxygens (including phenoxy) is 1. The number of benzene rings is 2. The molecular weight excluding hydrogens is 557 g/mol. The third kappa shape index (κ3) is 6.11. The van der Waals surface area contributed by atoms with Crippen LogP contribution in [0.25, 0.3) is 6.08 Å². The Balaban J connectivity index is 1.48. The van der Waals surface area contributed by atoms with E-state index in [9.17, 15) is 19.2 Å². The van der Waals surface area contributed by atoms with Crippen molar-refractivity contribution in [2.24, 2.45) is 0 Å². The van der Waals surface area contributed by atoms with E-state index in [0.29, 0.717) is 22.2 Å². The first kappa shape index (κ1) is 28.7. The lowest BCUT2D eigenvalue weighted by molar-refractivity contribution is -0.136. The van der Waals surface area contributed by atoms with Crippen LogP contribution in [0.1, 0.15) is 37.0 Å². The molecule has 1 aliphatic rings. The van der Waals surface area contributed by atoms with Crippen molar-refractivity contribution in [3.8, 4) is 0 Å². The summed E-state index contributed by atoms with van der Waals surface area (Å²) in [5, 5.41) is 5.44. The second-order valence-electron chi connectivity index (χ2n) is 8.84. The molecule has 0 saturated carbocycles. The minimum Gasteiger partial charge on any atom is -0.465 e. The fourth-order valence-electron chi connectivity index (χ4n) is 4.26. The van der Waals surface area contributed by atoms with E-state index in [-0.39, 0.29) is 40.4 Å². The molecule has 0 unspecified atom stereocenters. The molecule has 11 heteroatoms. The number of nitrogens with one attached hydrogen (secondary N) is 2. The molecule has 0 aliphatic carbocycles. The summed E-state index contributed by atoms with van der Waals surface area (Å²) in [6.45, 7) is 3.47. The molecule has 2 N–H and O–H groups in total. The largest absolute Gasteiger partial charge is 0.465 e. The quantitative estimate of drug-likeness (QED) is 0.223. The topological polar surface area (TPSA) is 118 Å². The summed E-state index contributed by atoms with van der Waals surface area (Å²) in [5.74, 6) is -2.23. The van der Waals surface area contributed by atoms with Crippen LogP contribution in [0.3, 0.4) is 0 Å². The van der Waals surface area contributed by atoms with Gasteiger partial charge in [-0.25, -0.2) is 4.79 Å². The third-order valence-electron chi connectivity index (χ3n) is 6.28. The summed E-state index contributed by atoms with van der Waals surface area (Å²) < 4.78 is 10.7. The molecular formula is C29H25Cl2N3O6. The maximum Gasteiger partial charge on any atom is 0.340 e. The molecule has 4 rings (SSSR count). The number of furan rings is 1. The van der Waals surface area contributed by atoms with Crippen molar-refractivity contribution in [3.05, 3.63) is 105 Å². The third-order valence-corrected chi connectivity index (χ3v) is 7.02. The number of hydrogen-bond donors (Lipinski definition) is 2. The van der Waals surface area contributed by atoms with Gasteiger partial charge in [-0.05, 0) is 55.8 Å². The number of carbonyl (C=O) groups is 4. The standard InChI is InChI=1S/C29H25Cl2N3O6/c1-16(18-7-5-4-6-8-18)34-17(2)25(29(38)39-3)22(28(34)37)14-20-10-11-21(40-20)15-32-26(35)27(36)33-19-9-12-23(30)24(31)13-19/h4-14,16H,15H2,1-3H3,(H,32,35)(H,33,36)/b22-14+/t16-/m1/s1. The molecule has 0 fully saturated rings. The van der Waals surface area contributed by atoms with Gasteiger partial charge >= 0.3 is 17.8 Å². The Labute approximate surface area is 240 Å². The van der Waals surface area contributed by atoms with E-state index in [2.05, 4.69) is 10.6 Å². The molecule has 1 aliphatic heterocycles. The van der Waals surface area contributed by atoms with Gasteiger partial charge in [0.05, 0.1) is 40.9 Å². The van der Waals surface area contributed by atoms with Crippen molar-refractivity contribution in [2.45, 2.75) is 26.4 Å². The maximum absolute atomic E-state index is 13.5. The number of hydrogen-bond acceptors (Lipinski definition) is 6. The van der Waals surface area contributed by atoms with Crippen LogP contribution in [-0.4, -0.2) is 35.7 Å². The van der Waals surface area contributed by atoms with E-state index in [1.165, 1.54) is 31.4 Å². The van der Waals surface area contributed by atoms with Gasteiger partial charge in [-0.15, -0.1) is 0 Å². The summed E-state index contributed by atoms with van der Waals surface area (Å²) in [6.07, 6.45) is 1.46. The van der Waals surface area contributed by atoms with Gasteiger partial charge in [-0.2, -0.15) is 0 Å². The molecule has 2 aromatic carbocycles. The van der Waals surface area contributed by atoms with Crippen molar-refractivity contribution in [3.63, 3.8) is 0 Å². The van der Waals surface area contributed by atoms with Crippen LogP contribution in [0.15, 0.2) is 81.9 Å². The minimum absolute atomic E-state index is 0.0966. The van der Waals surface area contributed by atoms with Crippen LogP contribution in [0.5, 0.6) is 0 Å². The fraction of sp³-hybridized carbons (Fsp3) is 0.172. The van der Waals surface area contributed by atoms with Crippen LogP contribution in [0.4, 0.5) is 5.69 Å². The monoisotopic (exact) mass is 581 g/mol. The number of carbonyl (C=O) groups excluding carboxylic acids is 4. The average molecular weight is 582 g/mol. The molecule has 0 bridgehead atoms. The molecule has 0 spiro atoms. The molecule has 9 nitrogen and oxygen atoms in total. The van der Waals surface area contributed by atoms with Crippen molar-refractivity contribution >= 4 is 58.7 Å². The highest BCUT2D eigenvalue weighted by atomic mass is 35.5. The Hall–Kier alpha value is -4.34. The first-order valence-electron chi connectivity index (χ1n) is 12.1. The number of esters is 1. The molecule has 40 heavy (non-hydrogen) atoms. The van der Waals surface area contributed by atoms with E-state index >= 15 is 0 Å². The van der Waals surface area contributed by atoms with E-state index in [1.807, 2.05) is 37.3 Å². The number of rotatable bonds is 7. The lowest BCUT2D eigenvalue weighted by Crippen LogP contribution is -2.34. The predicted molar refractivity (Wildman–Crippen MR) is 150 cm³/mol. The average Bonchev–Trinajstić information content (AvgIpc) is 3.50. The van der Waals surface area contributed by atoms with Crippen LogP contribution in [0.2, 0.25) is 10.0 Å². The summed E-state index contributed by atoms with van der Waals surface area (Å²) >= 11 is 11.8. The Bertz CT molecular complexity index is 1540. The summed E-state index contributed by atoms with van der Waals surface area (Å²) in [6, 6.07) is 16.7. The van der Waals surface area contributed by atoms with Crippen LogP contribution >= 0.6 is 23.2 Å². The highest BCUT2D eigenvalue weighted by Crippen LogP contribution is 2.37. The fourth-order valence-corrected chi connectivity index (χ4v) is 4.56. The number of anilines is 1. The van der Waals surface area contributed by atoms with E-state index in [0.717, 1.165) is 5.56 Å². The lowest BCUT2D eigenvalue weighted by atomic mass is 10.1. The SMILES string of the molecule is COC(=O)C1=C(C)N([C@H](C)c2ccccc2)C(=O)/C1=C/c1ccc(CNC(=O)C(=O)Nc2ccc(Cl)c(Cl)c2)o1. The van der Waals surface area contributed by atoms with Crippen molar-refractivity contribution in [1.29, 1.82) is 0 Å². The van der Waals surface area contributed by atoms with Gasteiger partial charge in [0, 0.05) is 11.4 Å². The minimum atomic E-state index is -0.903. The zero-order valence-electron chi connectivity index (χ0n) is 21.8. The first-order valence-corrected chi connectivity index (χ1v) is 12.9.